The monoisotopic (exact) mass is 505 g/mol. The molecule has 0 radical (unpaired) electrons. The largest absolute Gasteiger partial charge is 0.367 e. The number of sulfonamides is 1. The highest BCUT2D eigenvalue weighted by molar-refractivity contribution is 7.92. The number of piperazine rings is 1. The van der Waals surface area contributed by atoms with Crippen LogP contribution in [0.5, 0.6) is 0 Å². The van der Waals surface area contributed by atoms with Gasteiger partial charge in [0.2, 0.25) is 5.91 Å². The molecule has 0 aromatic heterocycles. The van der Waals surface area contributed by atoms with Crippen LogP contribution in [0.15, 0.2) is 47.4 Å². The number of carbonyl (C=O) groups is 2. The SMILES string of the molecule is CCN(CC)C(=O)CN(C)C(=O)c1ccc(N2CCNCC2)c(NS(=O)(=O)c2ccc(F)cc2)c1. The average molecular weight is 506 g/mol. The van der Waals surface area contributed by atoms with Crippen molar-refractivity contribution in [3.63, 3.8) is 0 Å². The number of nitrogens with zero attached hydrogens (tertiary/aromatic N) is 3. The minimum atomic E-state index is -4.04. The van der Waals surface area contributed by atoms with Gasteiger partial charge in [0.1, 0.15) is 5.82 Å². The Hall–Kier alpha value is -3.18. The van der Waals surface area contributed by atoms with E-state index in [-0.39, 0.29) is 28.6 Å². The van der Waals surface area contributed by atoms with Gasteiger partial charge in [0.15, 0.2) is 0 Å². The van der Waals surface area contributed by atoms with Crippen molar-refractivity contribution in [2.24, 2.45) is 0 Å². The molecule has 1 saturated heterocycles. The fourth-order valence-corrected chi connectivity index (χ4v) is 4.99. The maximum atomic E-state index is 13.3. The van der Waals surface area contributed by atoms with E-state index in [9.17, 15) is 22.4 Å². The first-order chi connectivity index (χ1) is 16.7. The van der Waals surface area contributed by atoms with Gasteiger partial charge >= 0.3 is 0 Å². The number of hydrogen-bond donors (Lipinski definition) is 2. The van der Waals surface area contributed by atoms with E-state index in [2.05, 4.69) is 10.0 Å². The molecule has 0 spiro atoms. The molecule has 0 bridgehead atoms. The van der Waals surface area contributed by atoms with Crippen LogP contribution in [0.2, 0.25) is 0 Å². The molecule has 0 unspecified atom stereocenters. The Morgan fingerprint density at radius 1 is 1.06 bits per heavy atom. The quantitative estimate of drug-likeness (QED) is 0.541. The van der Waals surface area contributed by atoms with Gasteiger partial charge < -0.3 is 20.0 Å². The number of benzene rings is 2. The number of hydrogen-bond acceptors (Lipinski definition) is 6. The minimum Gasteiger partial charge on any atom is -0.367 e. The van der Waals surface area contributed by atoms with E-state index in [0.717, 1.165) is 25.2 Å². The van der Waals surface area contributed by atoms with Crippen LogP contribution >= 0.6 is 0 Å². The molecule has 1 aliphatic rings. The second-order valence-corrected chi connectivity index (χ2v) is 9.94. The molecule has 11 heteroatoms. The molecule has 1 heterocycles. The summed E-state index contributed by atoms with van der Waals surface area (Å²) in [6, 6.07) is 9.35. The summed E-state index contributed by atoms with van der Waals surface area (Å²) in [5.74, 6) is -1.11. The van der Waals surface area contributed by atoms with Gasteiger partial charge in [-0.15, -0.1) is 0 Å². The Kier molecular flexibility index (Phi) is 8.68. The van der Waals surface area contributed by atoms with Crippen molar-refractivity contribution in [1.29, 1.82) is 0 Å². The van der Waals surface area contributed by atoms with Gasteiger partial charge in [-0.2, -0.15) is 0 Å². The molecule has 9 nitrogen and oxygen atoms in total. The lowest BCUT2D eigenvalue weighted by Gasteiger charge is -2.31. The second kappa shape index (κ2) is 11.5. The summed E-state index contributed by atoms with van der Waals surface area (Å²) >= 11 is 0. The van der Waals surface area contributed by atoms with Crippen LogP contribution in [-0.2, 0) is 14.8 Å². The van der Waals surface area contributed by atoms with Crippen LogP contribution < -0.4 is 14.9 Å². The van der Waals surface area contributed by atoms with Crippen LogP contribution in [0, 0.1) is 5.82 Å². The predicted molar refractivity (Wildman–Crippen MR) is 134 cm³/mol. The zero-order valence-corrected chi connectivity index (χ0v) is 21.1. The molecule has 0 atom stereocenters. The van der Waals surface area contributed by atoms with Crippen molar-refractivity contribution in [3.05, 3.63) is 53.8 Å². The topological polar surface area (TPSA) is 102 Å². The number of halogens is 1. The maximum Gasteiger partial charge on any atom is 0.261 e. The third kappa shape index (κ3) is 6.49. The average Bonchev–Trinajstić information content (AvgIpc) is 2.84. The lowest BCUT2D eigenvalue weighted by Crippen LogP contribution is -2.44. The summed E-state index contributed by atoms with van der Waals surface area (Å²) < 4.78 is 42.0. The highest BCUT2D eigenvalue weighted by Crippen LogP contribution is 2.30. The molecule has 0 saturated carbocycles. The summed E-state index contributed by atoms with van der Waals surface area (Å²) in [6.07, 6.45) is 0. The highest BCUT2D eigenvalue weighted by atomic mass is 32.2. The van der Waals surface area contributed by atoms with Crippen LogP contribution in [-0.4, -0.2) is 82.9 Å². The predicted octanol–water partition coefficient (Wildman–Crippen LogP) is 1.98. The lowest BCUT2D eigenvalue weighted by atomic mass is 10.1. The first-order valence-electron chi connectivity index (χ1n) is 11.6. The maximum absolute atomic E-state index is 13.3. The zero-order valence-electron chi connectivity index (χ0n) is 20.3. The number of nitrogens with one attached hydrogen (secondary N) is 2. The Morgan fingerprint density at radius 2 is 1.69 bits per heavy atom. The molecule has 2 aromatic rings. The second-order valence-electron chi connectivity index (χ2n) is 8.26. The van der Waals surface area contributed by atoms with E-state index in [0.29, 0.717) is 31.9 Å². The van der Waals surface area contributed by atoms with Crippen molar-refractivity contribution in [3.8, 4) is 0 Å². The van der Waals surface area contributed by atoms with E-state index in [1.165, 1.54) is 30.1 Å². The molecule has 1 fully saturated rings. The van der Waals surface area contributed by atoms with E-state index in [1.807, 2.05) is 18.7 Å². The van der Waals surface area contributed by atoms with E-state index in [1.54, 1.807) is 17.0 Å². The van der Waals surface area contributed by atoms with Gasteiger partial charge in [-0.05, 0) is 56.3 Å². The fourth-order valence-electron chi connectivity index (χ4n) is 3.92. The summed E-state index contributed by atoms with van der Waals surface area (Å²) in [7, 11) is -2.50. The number of anilines is 2. The van der Waals surface area contributed by atoms with Crippen LogP contribution in [0.25, 0.3) is 0 Å². The van der Waals surface area contributed by atoms with Gasteiger partial charge in [0.05, 0.1) is 22.8 Å². The Balaban J connectivity index is 1.92. The number of carbonyl (C=O) groups excluding carboxylic acids is 2. The number of rotatable bonds is 9. The van der Waals surface area contributed by atoms with Gasteiger partial charge in [0, 0.05) is 51.9 Å². The lowest BCUT2D eigenvalue weighted by molar-refractivity contribution is -0.131. The van der Waals surface area contributed by atoms with Gasteiger partial charge in [0.25, 0.3) is 15.9 Å². The molecule has 2 N–H and O–H groups in total. The van der Waals surface area contributed by atoms with Crippen LogP contribution in [0.3, 0.4) is 0 Å². The standard InChI is InChI=1S/C24H32FN5O4S/c1-4-29(5-2)23(31)17-28(3)24(32)18-6-11-22(30-14-12-26-13-15-30)21(16-18)27-35(33,34)20-9-7-19(25)8-10-20/h6-11,16,26-27H,4-5,12-15,17H2,1-3H3. The van der Waals surface area contributed by atoms with E-state index >= 15 is 0 Å². The molecule has 0 aliphatic carbocycles. The van der Waals surface area contributed by atoms with Crippen molar-refractivity contribution < 1.29 is 22.4 Å². The summed E-state index contributed by atoms with van der Waals surface area (Å²) in [4.78, 5) is 30.4. The Morgan fingerprint density at radius 3 is 2.29 bits per heavy atom. The highest BCUT2D eigenvalue weighted by Gasteiger charge is 2.23. The zero-order chi connectivity index (χ0) is 25.6. The van der Waals surface area contributed by atoms with Crippen molar-refractivity contribution in [1.82, 2.24) is 15.1 Å². The first-order valence-corrected chi connectivity index (χ1v) is 13.1. The van der Waals surface area contributed by atoms with Crippen molar-refractivity contribution >= 4 is 33.2 Å². The van der Waals surface area contributed by atoms with Gasteiger partial charge in [-0.25, -0.2) is 12.8 Å². The summed E-state index contributed by atoms with van der Waals surface area (Å²) in [5.41, 5.74) is 1.12. The number of amides is 2. The summed E-state index contributed by atoms with van der Waals surface area (Å²) in [5, 5.41) is 3.25. The van der Waals surface area contributed by atoms with Crippen LogP contribution in [0.1, 0.15) is 24.2 Å². The normalized spacial score (nSPS) is 13.9. The molecule has 2 aromatic carbocycles. The fraction of sp³-hybridized carbons (Fsp3) is 0.417. The third-order valence-corrected chi connectivity index (χ3v) is 7.29. The molecule has 1 aliphatic heterocycles. The molecular weight excluding hydrogens is 473 g/mol. The van der Waals surface area contributed by atoms with E-state index < -0.39 is 21.7 Å². The third-order valence-electron chi connectivity index (χ3n) is 5.90. The number of likely N-dealkylation sites (N-methyl/N-ethyl adjacent to an activating group) is 2. The van der Waals surface area contributed by atoms with Crippen molar-refractivity contribution in [2.45, 2.75) is 18.7 Å². The van der Waals surface area contributed by atoms with Crippen molar-refractivity contribution in [2.75, 3.05) is 62.5 Å². The van der Waals surface area contributed by atoms with Gasteiger partial charge in [-0.3, -0.25) is 14.3 Å². The molecule has 35 heavy (non-hydrogen) atoms. The molecule has 190 valence electrons. The molecular formula is C24H32FN5O4S. The Bertz CT molecular complexity index is 1150. The van der Waals surface area contributed by atoms with E-state index in [4.69, 9.17) is 0 Å². The smallest absolute Gasteiger partial charge is 0.261 e. The summed E-state index contributed by atoms with van der Waals surface area (Å²) in [6.45, 7) is 7.56. The Labute approximate surface area is 205 Å². The first kappa shape index (κ1) is 26.4. The van der Waals surface area contributed by atoms with Gasteiger partial charge in [-0.1, -0.05) is 0 Å². The minimum absolute atomic E-state index is 0.0866. The molecule has 3 rings (SSSR count). The van der Waals surface area contributed by atoms with Crippen LogP contribution in [0.4, 0.5) is 15.8 Å². The molecule has 2 amide bonds.